The third-order valence-electron chi connectivity index (χ3n) is 5.19. The van der Waals surface area contributed by atoms with Crippen molar-refractivity contribution in [2.45, 2.75) is 32.0 Å². The summed E-state index contributed by atoms with van der Waals surface area (Å²) in [5.74, 6) is -1.91. The molecule has 2 aliphatic heterocycles. The van der Waals surface area contributed by atoms with Crippen LogP contribution in [-0.4, -0.2) is 36.6 Å². The van der Waals surface area contributed by atoms with Gasteiger partial charge in [-0.15, -0.1) is 12.4 Å². The highest BCUT2D eigenvalue weighted by atomic mass is 35.5. The van der Waals surface area contributed by atoms with E-state index in [1.807, 2.05) is 30.3 Å². The molecule has 1 aromatic rings. The normalized spacial score (nSPS) is 23.9. The first-order chi connectivity index (χ1) is 10.9. The average molecular weight is 363 g/mol. The monoisotopic (exact) mass is 362 g/mol. The summed E-state index contributed by atoms with van der Waals surface area (Å²) in [6.07, 6.45) is -3.80. The second-order valence-electron chi connectivity index (χ2n) is 6.65. The lowest BCUT2D eigenvalue weighted by molar-refractivity contribution is -0.228. The molecule has 1 atom stereocenters. The molecule has 24 heavy (non-hydrogen) atoms. The van der Waals surface area contributed by atoms with Crippen molar-refractivity contribution in [2.24, 2.45) is 11.3 Å². The number of carbonyl (C=O) groups is 1. The Morgan fingerprint density at radius 1 is 1.17 bits per heavy atom. The lowest BCUT2D eigenvalue weighted by Gasteiger charge is -2.50. The molecule has 0 aromatic heterocycles. The van der Waals surface area contributed by atoms with E-state index in [0.717, 1.165) is 5.56 Å². The first-order valence-electron chi connectivity index (χ1n) is 8.00. The van der Waals surface area contributed by atoms with E-state index < -0.39 is 23.9 Å². The van der Waals surface area contributed by atoms with Crippen LogP contribution in [0.25, 0.3) is 0 Å². The van der Waals surface area contributed by atoms with Gasteiger partial charge in [-0.1, -0.05) is 30.3 Å². The van der Waals surface area contributed by atoms with Crippen molar-refractivity contribution < 1.29 is 18.0 Å². The maximum atomic E-state index is 13.5. The fourth-order valence-corrected chi connectivity index (χ4v) is 3.94. The summed E-state index contributed by atoms with van der Waals surface area (Å²) in [4.78, 5) is 13.9. The van der Waals surface area contributed by atoms with Gasteiger partial charge in [0, 0.05) is 24.9 Å². The van der Waals surface area contributed by atoms with Crippen LogP contribution in [-0.2, 0) is 11.3 Å². The van der Waals surface area contributed by atoms with Crippen LogP contribution in [0.5, 0.6) is 0 Å². The lowest BCUT2D eigenvalue weighted by Crippen LogP contribution is -2.58. The van der Waals surface area contributed by atoms with Gasteiger partial charge in [-0.05, 0) is 31.5 Å². The van der Waals surface area contributed by atoms with Gasteiger partial charge in [0.1, 0.15) is 0 Å². The Morgan fingerprint density at radius 3 is 2.38 bits per heavy atom. The maximum absolute atomic E-state index is 13.5. The van der Waals surface area contributed by atoms with Gasteiger partial charge < -0.3 is 10.2 Å². The van der Waals surface area contributed by atoms with E-state index in [0.29, 0.717) is 32.5 Å². The smallest absolute Gasteiger partial charge is 0.338 e. The highest BCUT2D eigenvalue weighted by Gasteiger charge is 2.57. The van der Waals surface area contributed by atoms with E-state index >= 15 is 0 Å². The van der Waals surface area contributed by atoms with Crippen LogP contribution in [0.1, 0.15) is 24.8 Å². The van der Waals surface area contributed by atoms with E-state index in [4.69, 9.17) is 0 Å². The van der Waals surface area contributed by atoms with Crippen molar-refractivity contribution in [3.63, 3.8) is 0 Å². The zero-order valence-electron chi connectivity index (χ0n) is 13.3. The lowest BCUT2D eigenvalue weighted by atomic mass is 9.65. The molecule has 3 nitrogen and oxygen atoms in total. The fraction of sp³-hybridized carbons (Fsp3) is 0.588. The third kappa shape index (κ3) is 3.86. The van der Waals surface area contributed by atoms with Crippen molar-refractivity contribution in [2.75, 3.05) is 19.6 Å². The number of carbonyl (C=O) groups excluding carboxylic acids is 1. The number of alkyl halides is 3. The summed E-state index contributed by atoms with van der Waals surface area (Å²) in [7, 11) is 0. The highest BCUT2D eigenvalue weighted by Crippen LogP contribution is 2.50. The molecule has 0 unspecified atom stereocenters. The van der Waals surface area contributed by atoms with Crippen molar-refractivity contribution in [1.29, 1.82) is 0 Å². The molecule has 1 amide bonds. The van der Waals surface area contributed by atoms with E-state index in [1.54, 1.807) is 4.90 Å². The second-order valence-corrected chi connectivity index (χ2v) is 6.65. The molecule has 7 heteroatoms. The quantitative estimate of drug-likeness (QED) is 0.874. The van der Waals surface area contributed by atoms with Crippen LogP contribution >= 0.6 is 12.4 Å². The van der Waals surface area contributed by atoms with E-state index in [9.17, 15) is 18.0 Å². The Labute approximate surface area is 146 Å². The minimum atomic E-state index is -4.31. The molecular weight excluding hydrogens is 341 g/mol. The molecule has 1 aromatic carbocycles. The van der Waals surface area contributed by atoms with Crippen LogP contribution in [0.4, 0.5) is 13.2 Å². The molecule has 2 fully saturated rings. The topological polar surface area (TPSA) is 32.3 Å². The molecule has 0 radical (unpaired) electrons. The molecular formula is C17H22ClF3N2O. The number of halogens is 4. The molecule has 3 rings (SSSR count). The molecule has 1 N–H and O–H groups in total. The van der Waals surface area contributed by atoms with Crippen molar-refractivity contribution in [3.05, 3.63) is 35.9 Å². The summed E-state index contributed by atoms with van der Waals surface area (Å²) in [6.45, 7) is 1.76. The molecule has 0 bridgehead atoms. The Balaban J connectivity index is 0.00000208. The van der Waals surface area contributed by atoms with Gasteiger partial charge in [0.15, 0.2) is 0 Å². The van der Waals surface area contributed by atoms with Crippen LogP contribution in [0.15, 0.2) is 30.3 Å². The van der Waals surface area contributed by atoms with E-state index in [-0.39, 0.29) is 24.9 Å². The van der Waals surface area contributed by atoms with Gasteiger partial charge in [0.05, 0.1) is 5.92 Å². The number of hydrogen-bond donors (Lipinski definition) is 1. The minimum absolute atomic E-state index is 0. The highest BCUT2D eigenvalue weighted by molar-refractivity contribution is 5.85. The number of likely N-dealkylation sites (tertiary alicyclic amines) is 1. The van der Waals surface area contributed by atoms with Crippen molar-refractivity contribution in [1.82, 2.24) is 10.2 Å². The van der Waals surface area contributed by atoms with E-state index in [1.165, 1.54) is 0 Å². The minimum Gasteiger partial charge on any atom is -0.338 e. The second kappa shape index (κ2) is 7.31. The largest absolute Gasteiger partial charge is 0.392 e. The zero-order chi connectivity index (χ0) is 16.5. The number of hydrogen-bond acceptors (Lipinski definition) is 2. The van der Waals surface area contributed by atoms with Crippen LogP contribution in [0.2, 0.25) is 0 Å². The van der Waals surface area contributed by atoms with Crippen LogP contribution in [0.3, 0.4) is 0 Å². The molecule has 134 valence electrons. The maximum Gasteiger partial charge on any atom is 0.392 e. The molecule has 0 aliphatic carbocycles. The average Bonchev–Trinajstić information content (AvgIpc) is 2.51. The van der Waals surface area contributed by atoms with Crippen molar-refractivity contribution in [3.8, 4) is 0 Å². The Hall–Kier alpha value is -1.27. The summed E-state index contributed by atoms with van der Waals surface area (Å²) in [6, 6.07) is 9.44. The van der Waals surface area contributed by atoms with Gasteiger partial charge in [-0.3, -0.25) is 4.79 Å². The Bertz CT molecular complexity index is 559. The van der Waals surface area contributed by atoms with Crippen molar-refractivity contribution >= 4 is 18.3 Å². The number of piperidine rings is 2. The number of amides is 1. The number of nitrogens with one attached hydrogen (secondary N) is 1. The summed E-state index contributed by atoms with van der Waals surface area (Å²) in [5, 5.41) is 3.13. The standard InChI is InChI=1S/C17H21F3N2O.ClH/c18-17(19,20)14-10-15(23)22(11-13-4-2-1-3-5-13)12-16(14)6-8-21-9-7-16;/h1-5,14,21H,6-12H2;1H/t14-;/m0./s1. The van der Waals surface area contributed by atoms with Gasteiger partial charge in [0.2, 0.25) is 5.91 Å². The summed E-state index contributed by atoms with van der Waals surface area (Å²) in [5.41, 5.74) is 0.113. The molecule has 2 heterocycles. The zero-order valence-corrected chi connectivity index (χ0v) is 14.1. The fourth-order valence-electron chi connectivity index (χ4n) is 3.94. The molecule has 2 aliphatic rings. The molecule has 1 spiro atoms. The van der Waals surface area contributed by atoms with Gasteiger partial charge in [0.25, 0.3) is 0 Å². The molecule has 0 saturated carbocycles. The predicted molar refractivity (Wildman–Crippen MR) is 87.8 cm³/mol. The SMILES string of the molecule is Cl.O=C1C[C@H](C(F)(F)F)C2(CCNCC2)CN1Cc1ccccc1. The Kier molecular flexibility index (Phi) is 5.81. The first-order valence-corrected chi connectivity index (χ1v) is 8.00. The van der Waals surface area contributed by atoms with E-state index in [2.05, 4.69) is 5.32 Å². The number of benzene rings is 1. The third-order valence-corrected chi connectivity index (χ3v) is 5.19. The predicted octanol–water partition coefficient (Wildman–Crippen LogP) is 3.39. The van der Waals surface area contributed by atoms with Crippen LogP contribution in [0, 0.1) is 11.3 Å². The van der Waals surface area contributed by atoms with Gasteiger partial charge >= 0.3 is 6.18 Å². The summed E-state index contributed by atoms with van der Waals surface area (Å²) >= 11 is 0. The summed E-state index contributed by atoms with van der Waals surface area (Å²) < 4.78 is 40.5. The molecule has 2 saturated heterocycles. The van der Waals surface area contributed by atoms with Gasteiger partial charge in [-0.2, -0.15) is 13.2 Å². The number of nitrogens with zero attached hydrogens (tertiary/aromatic N) is 1. The first kappa shape index (κ1) is 19.1. The van der Waals surface area contributed by atoms with Crippen LogP contribution < -0.4 is 5.32 Å². The Morgan fingerprint density at radius 2 is 1.79 bits per heavy atom. The van der Waals surface area contributed by atoms with Gasteiger partial charge in [-0.25, -0.2) is 0 Å². The number of rotatable bonds is 2.